The van der Waals surface area contributed by atoms with Gasteiger partial charge in [-0.1, -0.05) is 29.5 Å². The summed E-state index contributed by atoms with van der Waals surface area (Å²) in [6.07, 6.45) is 2.35. The summed E-state index contributed by atoms with van der Waals surface area (Å²) < 4.78 is 0. The van der Waals surface area contributed by atoms with E-state index in [0.717, 1.165) is 24.1 Å². The number of amides is 2. The molecule has 1 saturated heterocycles. The van der Waals surface area contributed by atoms with E-state index in [1.54, 1.807) is 18.2 Å². The predicted octanol–water partition coefficient (Wildman–Crippen LogP) is 3.56. The normalized spacial score (nSPS) is 19.7. The zero-order valence-electron chi connectivity index (χ0n) is 14.3. The molecule has 0 radical (unpaired) electrons. The van der Waals surface area contributed by atoms with Crippen molar-refractivity contribution in [3.63, 3.8) is 0 Å². The van der Waals surface area contributed by atoms with Gasteiger partial charge in [-0.05, 0) is 44.0 Å². The Morgan fingerprint density at radius 3 is 2.54 bits per heavy atom. The number of carbonyl (C=O) groups is 2. The monoisotopic (exact) mass is 363 g/mol. The molecular formula is C20H17N3O2S. The second-order valence-corrected chi connectivity index (χ2v) is 7.88. The molecular weight excluding hydrogens is 346 g/mol. The number of imide groups is 1. The van der Waals surface area contributed by atoms with E-state index in [2.05, 4.69) is 11.1 Å². The minimum absolute atomic E-state index is 0.123. The number of carbonyl (C=O) groups excluding carboxylic acids is 2. The molecule has 2 amide bonds. The number of hydrogen-bond acceptors (Lipinski definition) is 5. The van der Waals surface area contributed by atoms with Gasteiger partial charge in [0.25, 0.3) is 0 Å². The van der Waals surface area contributed by atoms with Crippen molar-refractivity contribution in [1.29, 1.82) is 5.26 Å². The molecule has 2 heterocycles. The minimum atomic E-state index is -0.544. The van der Waals surface area contributed by atoms with E-state index in [0.29, 0.717) is 22.2 Å². The standard InChI is InChI=1S/C20H17N3O2S/c1-12-2-7-15(8-3-12)23-18(24)10-17(20(23)25)26-19-14(11-21)6-9-16(22-19)13-4-5-13/h2-3,6-9,13,17H,4-5,10H2,1H3. The molecule has 1 saturated carbocycles. The molecule has 1 aromatic heterocycles. The number of nitriles is 1. The van der Waals surface area contributed by atoms with E-state index < -0.39 is 5.25 Å². The van der Waals surface area contributed by atoms with Gasteiger partial charge < -0.3 is 0 Å². The van der Waals surface area contributed by atoms with Crippen molar-refractivity contribution >= 4 is 29.3 Å². The highest BCUT2D eigenvalue weighted by molar-refractivity contribution is 8.00. The van der Waals surface area contributed by atoms with Crippen LogP contribution in [0.2, 0.25) is 0 Å². The molecule has 26 heavy (non-hydrogen) atoms. The van der Waals surface area contributed by atoms with Gasteiger partial charge in [0.2, 0.25) is 11.8 Å². The molecule has 4 rings (SSSR count). The molecule has 1 atom stereocenters. The Labute approximate surface area is 156 Å². The van der Waals surface area contributed by atoms with Gasteiger partial charge in [-0.3, -0.25) is 9.59 Å². The number of aromatic nitrogens is 1. The van der Waals surface area contributed by atoms with Gasteiger partial charge in [0, 0.05) is 18.0 Å². The average molecular weight is 363 g/mol. The molecule has 0 bridgehead atoms. The van der Waals surface area contributed by atoms with E-state index in [4.69, 9.17) is 0 Å². The summed E-state index contributed by atoms with van der Waals surface area (Å²) in [7, 11) is 0. The maximum Gasteiger partial charge on any atom is 0.247 e. The predicted molar refractivity (Wildman–Crippen MR) is 98.9 cm³/mol. The van der Waals surface area contributed by atoms with E-state index in [1.807, 2.05) is 25.1 Å². The van der Waals surface area contributed by atoms with Crippen molar-refractivity contribution in [3.05, 3.63) is 53.2 Å². The first-order chi connectivity index (χ1) is 12.6. The fourth-order valence-corrected chi connectivity index (χ4v) is 4.13. The van der Waals surface area contributed by atoms with Gasteiger partial charge in [-0.2, -0.15) is 5.26 Å². The Morgan fingerprint density at radius 2 is 1.88 bits per heavy atom. The van der Waals surface area contributed by atoms with E-state index in [9.17, 15) is 14.9 Å². The summed E-state index contributed by atoms with van der Waals surface area (Å²) in [5.74, 6) is 0.00615. The summed E-state index contributed by atoms with van der Waals surface area (Å²) in [5, 5.41) is 9.35. The van der Waals surface area contributed by atoms with Gasteiger partial charge in [0.05, 0.1) is 16.5 Å². The summed E-state index contributed by atoms with van der Waals surface area (Å²) in [6.45, 7) is 1.96. The molecule has 5 nitrogen and oxygen atoms in total. The zero-order valence-corrected chi connectivity index (χ0v) is 15.1. The Bertz CT molecular complexity index is 929. The number of anilines is 1. The van der Waals surface area contributed by atoms with Crippen molar-refractivity contribution in [2.45, 2.75) is 42.4 Å². The van der Waals surface area contributed by atoms with Crippen molar-refractivity contribution in [2.75, 3.05) is 4.90 Å². The first-order valence-electron chi connectivity index (χ1n) is 8.58. The lowest BCUT2D eigenvalue weighted by molar-refractivity contribution is -0.121. The number of pyridine rings is 1. The summed E-state index contributed by atoms with van der Waals surface area (Å²) >= 11 is 1.23. The van der Waals surface area contributed by atoms with Gasteiger partial charge >= 0.3 is 0 Å². The highest BCUT2D eigenvalue weighted by Gasteiger charge is 2.41. The van der Waals surface area contributed by atoms with Crippen LogP contribution in [0.5, 0.6) is 0 Å². The van der Waals surface area contributed by atoms with E-state index in [-0.39, 0.29) is 18.2 Å². The summed E-state index contributed by atoms with van der Waals surface area (Å²) in [4.78, 5) is 31.1. The third-order valence-corrected chi connectivity index (χ3v) is 5.84. The van der Waals surface area contributed by atoms with Crippen molar-refractivity contribution in [1.82, 2.24) is 4.98 Å². The van der Waals surface area contributed by atoms with Crippen molar-refractivity contribution < 1.29 is 9.59 Å². The molecule has 130 valence electrons. The third kappa shape index (κ3) is 3.11. The molecule has 6 heteroatoms. The maximum atomic E-state index is 12.8. The topological polar surface area (TPSA) is 74.1 Å². The smallest absolute Gasteiger partial charge is 0.247 e. The van der Waals surface area contributed by atoms with E-state index in [1.165, 1.54) is 16.7 Å². The minimum Gasteiger partial charge on any atom is -0.274 e. The maximum absolute atomic E-state index is 12.8. The Balaban J connectivity index is 1.59. The van der Waals surface area contributed by atoms with Gasteiger partial charge in [-0.25, -0.2) is 9.88 Å². The second kappa shape index (κ2) is 6.58. The second-order valence-electron chi connectivity index (χ2n) is 6.69. The third-order valence-electron chi connectivity index (χ3n) is 4.65. The molecule has 2 fully saturated rings. The average Bonchev–Trinajstić information content (AvgIpc) is 3.44. The van der Waals surface area contributed by atoms with Gasteiger partial charge in [0.15, 0.2) is 0 Å². The first-order valence-corrected chi connectivity index (χ1v) is 9.46. The SMILES string of the molecule is Cc1ccc(N2C(=O)CC(Sc3nc(C4CC4)ccc3C#N)C2=O)cc1. The Morgan fingerprint density at radius 1 is 1.15 bits per heavy atom. The fourth-order valence-electron chi connectivity index (χ4n) is 3.03. The summed E-state index contributed by atoms with van der Waals surface area (Å²) in [5.41, 5.74) is 3.08. The van der Waals surface area contributed by atoms with Crippen LogP contribution in [0.25, 0.3) is 0 Å². The lowest BCUT2D eigenvalue weighted by Gasteiger charge is -2.15. The molecule has 0 N–H and O–H groups in total. The first kappa shape index (κ1) is 16.8. The number of hydrogen-bond donors (Lipinski definition) is 0. The van der Waals surface area contributed by atoms with Crippen molar-refractivity contribution in [3.8, 4) is 6.07 Å². The van der Waals surface area contributed by atoms with Crippen LogP contribution in [0, 0.1) is 18.3 Å². The molecule has 1 aliphatic heterocycles. The largest absolute Gasteiger partial charge is 0.274 e. The molecule has 0 spiro atoms. The zero-order chi connectivity index (χ0) is 18.3. The van der Waals surface area contributed by atoms with Crippen molar-refractivity contribution in [2.24, 2.45) is 0 Å². The van der Waals surface area contributed by atoms with Gasteiger partial charge in [-0.15, -0.1) is 0 Å². The molecule has 2 aromatic rings. The number of thioether (sulfide) groups is 1. The molecule has 2 aliphatic rings. The lowest BCUT2D eigenvalue weighted by Crippen LogP contribution is -2.31. The molecule has 1 aromatic carbocycles. The van der Waals surface area contributed by atoms with Gasteiger partial charge in [0.1, 0.15) is 11.1 Å². The van der Waals surface area contributed by atoms with Crippen LogP contribution in [-0.2, 0) is 9.59 Å². The van der Waals surface area contributed by atoms with Crippen LogP contribution in [0.1, 0.15) is 42.0 Å². The van der Waals surface area contributed by atoms with E-state index >= 15 is 0 Å². The Hall–Kier alpha value is -2.65. The number of aryl methyl sites for hydroxylation is 1. The van der Waals surface area contributed by atoms with Crippen LogP contribution in [0.3, 0.4) is 0 Å². The van der Waals surface area contributed by atoms with Crippen LogP contribution >= 0.6 is 11.8 Å². The fraction of sp³-hybridized carbons (Fsp3) is 0.300. The Kier molecular flexibility index (Phi) is 4.25. The van der Waals surface area contributed by atoms with Crippen LogP contribution in [0.15, 0.2) is 41.4 Å². The number of benzene rings is 1. The highest BCUT2D eigenvalue weighted by Crippen LogP contribution is 2.41. The lowest BCUT2D eigenvalue weighted by atomic mass is 10.2. The quantitative estimate of drug-likeness (QED) is 0.777. The van der Waals surface area contributed by atoms with Crippen LogP contribution < -0.4 is 4.90 Å². The number of rotatable bonds is 4. The van der Waals surface area contributed by atoms with Crippen LogP contribution in [0.4, 0.5) is 5.69 Å². The number of nitrogens with zero attached hydrogens (tertiary/aromatic N) is 3. The van der Waals surface area contributed by atoms with Crippen LogP contribution in [-0.4, -0.2) is 22.0 Å². The molecule has 1 aliphatic carbocycles. The highest BCUT2D eigenvalue weighted by atomic mass is 32.2. The summed E-state index contributed by atoms with van der Waals surface area (Å²) in [6, 6.07) is 13.1. The molecule has 1 unspecified atom stereocenters.